The molecule has 98 valence electrons. The van der Waals surface area contributed by atoms with E-state index in [1.165, 1.54) is 6.92 Å². The zero-order valence-corrected chi connectivity index (χ0v) is 10.2. The van der Waals surface area contributed by atoms with Crippen LogP contribution in [0.15, 0.2) is 6.07 Å². The first kappa shape index (κ1) is 12.6. The summed E-state index contributed by atoms with van der Waals surface area (Å²) in [5, 5.41) is 12.4. The van der Waals surface area contributed by atoms with E-state index in [1.54, 1.807) is 0 Å². The molecule has 1 aliphatic rings. The van der Waals surface area contributed by atoms with E-state index in [0.717, 1.165) is 18.5 Å². The van der Waals surface area contributed by atoms with Crippen molar-refractivity contribution in [2.45, 2.75) is 31.7 Å². The molecule has 7 nitrogen and oxygen atoms in total. The first-order valence-corrected chi connectivity index (χ1v) is 5.90. The van der Waals surface area contributed by atoms with Crippen molar-refractivity contribution >= 4 is 17.6 Å². The highest BCUT2D eigenvalue weighted by molar-refractivity contribution is 5.91. The largest absolute Gasteiger partial charge is 0.354 e. The number of aromatic amines is 1. The first-order valence-electron chi connectivity index (χ1n) is 5.90. The fraction of sp³-hybridized carbons (Fsp3) is 0.545. The van der Waals surface area contributed by atoms with Gasteiger partial charge in [0.05, 0.1) is 12.2 Å². The Balaban J connectivity index is 1.85. The lowest BCUT2D eigenvalue weighted by atomic mass is 9.78. The van der Waals surface area contributed by atoms with Gasteiger partial charge in [-0.2, -0.15) is 5.10 Å². The van der Waals surface area contributed by atoms with Crippen LogP contribution in [0, 0.1) is 0 Å². The van der Waals surface area contributed by atoms with Gasteiger partial charge in [0.25, 0.3) is 0 Å². The zero-order chi connectivity index (χ0) is 13.1. The molecule has 1 aliphatic carbocycles. The summed E-state index contributed by atoms with van der Waals surface area (Å²) in [5.41, 5.74) is 6.11. The molecule has 1 fully saturated rings. The van der Waals surface area contributed by atoms with Gasteiger partial charge in [-0.1, -0.05) is 0 Å². The monoisotopic (exact) mass is 251 g/mol. The predicted molar refractivity (Wildman–Crippen MR) is 65.9 cm³/mol. The maximum atomic E-state index is 11.1. The highest BCUT2D eigenvalue weighted by Crippen LogP contribution is 2.36. The lowest BCUT2D eigenvalue weighted by molar-refractivity contribution is -0.120. The molecule has 0 saturated heterocycles. The minimum atomic E-state index is -0.255. The van der Waals surface area contributed by atoms with Gasteiger partial charge in [-0.05, 0) is 12.8 Å². The zero-order valence-electron chi connectivity index (χ0n) is 10.2. The van der Waals surface area contributed by atoms with Crippen LogP contribution in [-0.2, 0) is 9.59 Å². The molecule has 0 atom stereocenters. The van der Waals surface area contributed by atoms with Crippen LogP contribution in [0.2, 0.25) is 0 Å². The standard InChI is InChI=1S/C11H17N5O2/c1-6(17)13-8-2-7(3-8)9-4-10(16-15-9)14-11(18)5-12/h4,7-8H,2-3,5,12H2,1H3,(H,13,17)(H2,14,15,16,18)/t7-,8+. The average molecular weight is 251 g/mol. The number of carbonyl (C=O) groups excluding carboxylic acids is 2. The summed E-state index contributed by atoms with van der Waals surface area (Å²) >= 11 is 0. The predicted octanol–water partition coefficient (Wildman–Crippen LogP) is -0.311. The van der Waals surface area contributed by atoms with Crippen molar-refractivity contribution < 1.29 is 9.59 Å². The molecule has 2 rings (SSSR count). The number of anilines is 1. The summed E-state index contributed by atoms with van der Waals surface area (Å²) in [4.78, 5) is 21.9. The van der Waals surface area contributed by atoms with Gasteiger partial charge in [-0.15, -0.1) is 0 Å². The quantitative estimate of drug-likeness (QED) is 0.587. The number of hydrogen-bond donors (Lipinski definition) is 4. The third-order valence-electron chi connectivity index (χ3n) is 3.02. The van der Waals surface area contributed by atoms with Crippen molar-refractivity contribution in [1.82, 2.24) is 15.5 Å². The summed E-state index contributed by atoms with van der Waals surface area (Å²) in [5.74, 6) is 0.636. The van der Waals surface area contributed by atoms with Crippen LogP contribution in [0.1, 0.15) is 31.4 Å². The van der Waals surface area contributed by atoms with Crippen molar-refractivity contribution in [2.75, 3.05) is 11.9 Å². The lowest BCUT2D eigenvalue weighted by Crippen LogP contribution is -2.42. The van der Waals surface area contributed by atoms with Crippen molar-refractivity contribution in [1.29, 1.82) is 0 Å². The molecule has 7 heteroatoms. The number of nitrogens with one attached hydrogen (secondary N) is 3. The molecule has 1 aromatic heterocycles. The van der Waals surface area contributed by atoms with Crippen molar-refractivity contribution in [2.24, 2.45) is 5.73 Å². The Morgan fingerprint density at radius 2 is 2.28 bits per heavy atom. The van der Waals surface area contributed by atoms with Crippen LogP contribution in [-0.4, -0.2) is 34.6 Å². The molecule has 0 radical (unpaired) electrons. The van der Waals surface area contributed by atoms with Crippen molar-refractivity contribution in [3.05, 3.63) is 11.8 Å². The normalized spacial score (nSPS) is 22.1. The summed E-state index contributed by atoms with van der Waals surface area (Å²) in [6, 6.07) is 2.05. The van der Waals surface area contributed by atoms with Gasteiger partial charge in [0.15, 0.2) is 0 Å². The third kappa shape index (κ3) is 2.86. The molecule has 18 heavy (non-hydrogen) atoms. The van der Waals surface area contributed by atoms with Gasteiger partial charge < -0.3 is 16.4 Å². The molecule has 5 N–H and O–H groups in total. The summed E-state index contributed by atoms with van der Waals surface area (Å²) in [6.07, 6.45) is 1.77. The smallest absolute Gasteiger partial charge is 0.239 e. The highest BCUT2D eigenvalue weighted by Gasteiger charge is 2.32. The second-order valence-corrected chi connectivity index (χ2v) is 4.52. The van der Waals surface area contributed by atoms with E-state index in [1.807, 2.05) is 6.07 Å². The van der Waals surface area contributed by atoms with Gasteiger partial charge in [0.2, 0.25) is 11.8 Å². The van der Waals surface area contributed by atoms with E-state index >= 15 is 0 Å². The van der Waals surface area contributed by atoms with E-state index in [-0.39, 0.29) is 24.4 Å². The number of nitrogens with zero attached hydrogens (tertiary/aromatic N) is 1. The van der Waals surface area contributed by atoms with Gasteiger partial charge >= 0.3 is 0 Å². The topological polar surface area (TPSA) is 113 Å². The number of aromatic nitrogens is 2. The Hall–Kier alpha value is -1.89. The van der Waals surface area contributed by atoms with Crippen LogP contribution < -0.4 is 16.4 Å². The number of H-pyrrole nitrogens is 1. The van der Waals surface area contributed by atoms with E-state index in [0.29, 0.717) is 11.7 Å². The van der Waals surface area contributed by atoms with Crippen LogP contribution in [0.4, 0.5) is 5.82 Å². The van der Waals surface area contributed by atoms with E-state index in [2.05, 4.69) is 20.8 Å². The summed E-state index contributed by atoms with van der Waals surface area (Å²) in [6.45, 7) is 1.46. The SMILES string of the molecule is CC(=O)N[C@H]1C[C@@H](c2cc(NC(=O)CN)[nH]n2)C1. The Labute approximate surface area is 105 Å². The van der Waals surface area contributed by atoms with Crippen LogP contribution in [0.25, 0.3) is 0 Å². The van der Waals surface area contributed by atoms with Crippen LogP contribution >= 0.6 is 0 Å². The molecule has 1 aromatic rings. The molecular weight excluding hydrogens is 234 g/mol. The average Bonchev–Trinajstić information content (AvgIpc) is 2.70. The fourth-order valence-electron chi connectivity index (χ4n) is 2.08. The molecular formula is C11H17N5O2. The number of amides is 2. The fourth-order valence-corrected chi connectivity index (χ4v) is 2.08. The third-order valence-corrected chi connectivity index (χ3v) is 3.02. The second kappa shape index (κ2) is 5.18. The Kier molecular flexibility index (Phi) is 3.61. The molecule has 0 unspecified atom stereocenters. The number of nitrogens with two attached hydrogens (primary N) is 1. The van der Waals surface area contributed by atoms with Crippen molar-refractivity contribution in [3.63, 3.8) is 0 Å². The van der Waals surface area contributed by atoms with Gasteiger partial charge in [0, 0.05) is 24.9 Å². The highest BCUT2D eigenvalue weighted by atomic mass is 16.2. The van der Waals surface area contributed by atoms with Gasteiger partial charge in [-0.3, -0.25) is 14.7 Å². The lowest BCUT2D eigenvalue weighted by Gasteiger charge is -2.34. The molecule has 0 bridgehead atoms. The van der Waals surface area contributed by atoms with Gasteiger partial charge in [0.1, 0.15) is 5.82 Å². The minimum Gasteiger partial charge on any atom is -0.354 e. The van der Waals surface area contributed by atoms with Gasteiger partial charge in [-0.25, -0.2) is 0 Å². The number of rotatable bonds is 4. The Morgan fingerprint density at radius 3 is 2.89 bits per heavy atom. The maximum absolute atomic E-state index is 11.1. The van der Waals surface area contributed by atoms with Crippen LogP contribution in [0.3, 0.4) is 0 Å². The second-order valence-electron chi connectivity index (χ2n) is 4.52. The van der Waals surface area contributed by atoms with Crippen LogP contribution in [0.5, 0.6) is 0 Å². The molecule has 1 saturated carbocycles. The molecule has 2 amide bonds. The number of hydrogen-bond acceptors (Lipinski definition) is 4. The first-order chi connectivity index (χ1) is 8.58. The summed E-state index contributed by atoms with van der Waals surface area (Å²) in [7, 11) is 0. The van der Waals surface area contributed by atoms with E-state index in [9.17, 15) is 9.59 Å². The Bertz CT molecular complexity index is 450. The molecule has 1 heterocycles. The molecule has 0 aromatic carbocycles. The van der Waals surface area contributed by atoms with E-state index < -0.39 is 0 Å². The number of carbonyl (C=O) groups is 2. The van der Waals surface area contributed by atoms with Crippen molar-refractivity contribution in [3.8, 4) is 0 Å². The summed E-state index contributed by atoms with van der Waals surface area (Å²) < 4.78 is 0. The van der Waals surface area contributed by atoms with E-state index in [4.69, 9.17) is 5.73 Å². The molecule has 0 spiro atoms. The minimum absolute atomic E-state index is 0.00336. The maximum Gasteiger partial charge on any atom is 0.239 e. The molecule has 0 aliphatic heterocycles. The Morgan fingerprint density at radius 1 is 1.56 bits per heavy atom.